The second-order valence-corrected chi connectivity index (χ2v) is 8.25. The van der Waals surface area contributed by atoms with Crippen LogP contribution in [0.2, 0.25) is 0 Å². The van der Waals surface area contributed by atoms with Crippen LogP contribution in [0.5, 0.6) is 0 Å². The normalized spacial score (nSPS) is 12.8. The van der Waals surface area contributed by atoms with Crippen molar-refractivity contribution in [3.8, 4) is 11.5 Å². The predicted octanol–water partition coefficient (Wildman–Crippen LogP) is 2.83. The zero-order valence-corrected chi connectivity index (χ0v) is 16.7. The third-order valence-electron chi connectivity index (χ3n) is 4.05. The lowest BCUT2D eigenvalue weighted by Crippen LogP contribution is -2.33. The summed E-state index contributed by atoms with van der Waals surface area (Å²) in [5.41, 5.74) is 0.132. The van der Waals surface area contributed by atoms with Gasteiger partial charge < -0.3 is 9.73 Å². The van der Waals surface area contributed by atoms with Crippen LogP contribution in [0.4, 0.5) is 23.5 Å². The lowest BCUT2D eigenvalue weighted by atomic mass is 10.1. The first-order valence-corrected chi connectivity index (χ1v) is 10.5. The first kappa shape index (κ1) is 22.6. The summed E-state index contributed by atoms with van der Waals surface area (Å²) < 4.78 is 83.3. The third-order valence-corrected chi connectivity index (χ3v) is 5.42. The number of nitrogens with one attached hydrogen (secondary N) is 2. The Kier molecular flexibility index (Phi) is 6.80. The van der Waals surface area contributed by atoms with Crippen LogP contribution in [-0.2, 0) is 10.0 Å². The Balaban J connectivity index is 1.82. The summed E-state index contributed by atoms with van der Waals surface area (Å²) in [7, 11) is -3.60. The minimum Gasteiger partial charge on any atom is -0.415 e. The minimum atomic E-state index is -3.60. The van der Waals surface area contributed by atoms with Gasteiger partial charge in [0, 0.05) is 30.6 Å². The maximum atomic E-state index is 14.3. The van der Waals surface area contributed by atoms with Gasteiger partial charge in [-0.05, 0) is 13.0 Å². The van der Waals surface area contributed by atoms with E-state index < -0.39 is 40.0 Å². The fraction of sp³-hybridized carbons (Fsp3) is 0.294. The molecule has 0 radical (unpaired) electrons. The van der Waals surface area contributed by atoms with E-state index in [0.29, 0.717) is 6.07 Å². The summed E-state index contributed by atoms with van der Waals surface area (Å²) >= 11 is 0. The quantitative estimate of drug-likeness (QED) is 0.468. The maximum absolute atomic E-state index is 14.3. The molecule has 0 bridgehead atoms. The topological polar surface area (TPSA) is 123 Å². The third kappa shape index (κ3) is 5.73. The molecule has 0 spiro atoms. The Morgan fingerprint density at radius 3 is 2.42 bits per heavy atom. The van der Waals surface area contributed by atoms with E-state index in [1.165, 1.54) is 25.4 Å². The van der Waals surface area contributed by atoms with Crippen molar-refractivity contribution in [2.75, 3.05) is 17.6 Å². The molecule has 0 saturated carbocycles. The summed E-state index contributed by atoms with van der Waals surface area (Å²) in [6.45, 7) is 1.16. The number of hydrogen-bond donors (Lipinski definition) is 2. The summed E-state index contributed by atoms with van der Waals surface area (Å²) in [4.78, 5) is 7.95. The Hall–Kier alpha value is -3.13. The maximum Gasteiger partial charge on any atom is 0.314 e. The van der Waals surface area contributed by atoms with Crippen molar-refractivity contribution >= 4 is 16.0 Å². The zero-order valence-electron chi connectivity index (χ0n) is 15.9. The number of anilines is 1. The molecule has 1 atom stereocenters. The molecule has 31 heavy (non-hydrogen) atoms. The van der Waals surface area contributed by atoms with Crippen molar-refractivity contribution in [3.05, 3.63) is 53.7 Å². The molecule has 0 fully saturated rings. The first-order valence-electron chi connectivity index (χ1n) is 8.81. The van der Waals surface area contributed by atoms with Gasteiger partial charge in [0.2, 0.25) is 16.0 Å². The summed E-state index contributed by atoms with van der Waals surface area (Å²) in [6, 6.07) is 1.88. The number of halogens is 4. The molecule has 0 aliphatic heterocycles. The minimum absolute atomic E-state index is 0.0219. The summed E-state index contributed by atoms with van der Waals surface area (Å²) in [6.07, 6.45) is -0.528. The lowest BCUT2D eigenvalue weighted by molar-refractivity contribution is 0.116. The van der Waals surface area contributed by atoms with E-state index in [-0.39, 0.29) is 35.3 Å². The van der Waals surface area contributed by atoms with E-state index in [2.05, 4.69) is 30.2 Å². The van der Waals surface area contributed by atoms with Crippen molar-refractivity contribution in [2.24, 2.45) is 0 Å². The molecule has 0 aliphatic carbocycles. The molecular weight excluding hydrogens is 444 g/mol. The second kappa shape index (κ2) is 9.34. The van der Waals surface area contributed by atoms with E-state index in [9.17, 15) is 26.0 Å². The number of alkyl halides is 2. The fourth-order valence-corrected chi connectivity index (χ4v) is 3.07. The van der Waals surface area contributed by atoms with E-state index in [0.717, 1.165) is 6.07 Å². The summed E-state index contributed by atoms with van der Waals surface area (Å²) in [5, 5.41) is 9.43. The van der Waals surface area contributed by atoms with Gasteiger partial charge in [-0.15, -0.1) is 10.2 Å². The van der Waals surface area contributed by atoms with Crippen LogP contribution in [0, 0.1) is 11.6 Å². The number of sulfonamides is 1. The molecule has 2 heterocycles. The number of nitrogens with zero attached hydrogens (tertiary/aromatic N) is 4. The van der Waals surface area contributed by atoms with Crippen LogP contribution in [0.25, 0.3) is 11.5 Å². The van der Waals surface area contributed by atoms with Gasteiger partial charge in [0.1, 0.15) is 11.6 Å². The molecule has 14 heteroatoms. The van der Waals surface area contributed by atoms with Crippen LogP contribution in [0.15, 0.2) is 35.0 Å². The van der Waals surface area contributed by atoms with Crippen molar-refractivity contribution in [3.63, 3.8) is 0 Å². The van der Waals surface area contributed by atoms with Crippen molar-refractivity contribution in [2.45, 2.75) is 19.4 Å². The molecule has 1 unspecified atom stereocenters. The van der Waals surface area contributed by atoms with Crippen LogP contribution in [0.3, 0.4) is 0 Å². The van der Waals surface area contributed by atoms with E-state index >= 15 is 0 Å². The highest BCUT2D eigenvalue weighted by molar-refractivity contribution is 7.89. The fourth-order valence-electron chi connectivity index (χ4n) is 2.44. The summed E-state index contributed by atoms with van der Waals surface area (Å²) in [5.74, 6) is -3.00. The SMILES string of the molecule is CCS(=O)(=O)NCC(Nc1ncc(-c2nnc(C(F)F)o2)cn1)c1ccc(F)cc1F. The smallest absolute Gasteiger partial charge is 0.314 e. The molecule has 9 nitrogen and oxygen atoms in total. The van der Waals surface area contributed by atoms with Gasteiger partial charge in [-0.3, -0.25) is 0 Å². The molecule has 0 amide bonds. The monoisotopic (exact) mass is 460 g/mol. The van der Waals surface area contributed by atoms with Gasteiger partial charge in [-0.2, -0.15) is 8.78 Å². The Bertz CT molecular complexity index is 1140. The molecular formula is C17H16F4N6O3S. The Morgan fingerprint density at radius 1 is 1.13 bits per heavy atom. The van der Waals surface area contributed by atoms with Gasteiger partial charge in [0.15, 0.2) is 0 Å². The van der Waals surface area contributed by atoms with Crippen LogP contribution in [0.1, 0.15) is 30.8 Å². The molecule has 0 aliphatic rings. The standard InChI is InChI=1S/C17H16F4N6O3S/c1-2-31(28,29)24-8-13(11-4-3-10(18)5-12(11)19)25-17-22-6-9(7-23-17)15-26-27-16(30-15)14(20)21/h3-7,13-14,24H,2,8H2,1H3,(H,22,23,25). The molecule has 166 valence electrons. The van der Waals surface area contributed by atoms with Gasteiger partial charge in [0.25, 0.3) is 11.8 Å². The highest BCUT2D eigenvalue weighted by atomic mass is 32.2. The lowest BCUT2D eigenvalue weighted by Gasteiger charge is -2.20. The van der Waals surface area contributed by atoms with Gasteiger partial charge in [0.05, 0.1) is 17.4 Å². The number of aromatic nitrogens is 4. The van der Waals surface area contributed by atoms with Gasteiger partial charge in [-0.1, -0.05) is 6.07 Å². The number of rotatable bonds is 9. The highest BCUT2D eigenvalue weighted by Crippen LogP contribution is 2.24. The molecule has 2 aromatic heterocycles. The average molecular weight is 460 g/mol. The van der Waals surface area contributed by atoms with E-state index in [1.807, 2.05) is 0 Å². The van der Waals surface area contributed by atoms with E-state index in [1.54, 1.807) is 0 Å². The number of hydrogen-bond acceptors (Lipinski definition) is 8. The Labute approximate surface area is 174 Å². The van der Waals surface area contributed by atoms with Gasteiger partial charge >= 0.3 is 6.43 Å². The first-order chi connectivity index (χ1) is 14.7. The van der Waals surface area contributed by atoms with Crippen molar-refractivity contribution < 1.29 is 30.4 Å². The zero-order chi connectivity index (χ0) is 22.6. The van der Waals surface area contributed by atoms with Gasteiger partial charge in [-0.25, -0.2) is 31.9 Å². The van der Waals surface area contributed by atoms with Crippen molar-refractivity contribution in [1.29, 1.82) is 0 Å². The molecule has 3 rings (SSSR count). The largest absolute Gasteiger partial charge is 0.415 e. The molecule has 3 aromatic rings. The Morgan fingerprint density at radius 2 is 1.84 bits per heavy atom. The van der Waals surface area contributed by atoms with Crippen LogP contribution >= 0.6 is 0 Å². The van der Waals surface area contributed by atoms with Crippen LogP contribution < -0.4 is 10.0 Å². The molecule has 1 aromatic carbocycles. The number of benzene rings is 1. The molecule has 0 saturated heterocycles. The predicted molar refractivity (Wildman–Crippen MR) is 100 cm³/mol. The highest BCUT2D eigenvalue weighted by Gasteiger charge is 2.21. The second-order valence-electron chi connectivity index (χ2n) is 6.16. The van der Waals surface area contributed by atoms with Crippen LogP contribution in [-0.4, -0.2) is 40.9 Å². The van der Waals surface area contributed by atoms with E-state index in [4.69, 9.17) is 4.42 Å². The van der Waals surface area contributed by atoms with Crippen molar-refractivity contribution in [1.82, 2.24) is 24.9 Å². The average Bonchev–Trinajstić information content (AvgIpc) is 3.23. The molecule has 2 N–H and O–H groups in total.